The molecule has 2 heterocycles. The fourth-order valence-corrected chi connectivity index (χ4v) is 2.14. The molecule has 0 amide bonds. The van der Waals surface area contributed by atoms with Gasteiger partial charge in [-0.15, -0.1) is 0 Å². The molecule has 0 saturated carbocycles. The molecule has 0 atom stereocenters. The molecular formula is C12H8N2O3S. The molecule has 0 bridgehead atoms. The van der Waals surface area contributed by atoms with Gasteiger partial charge in [-0.25, -0.2) is 9.78 Å². The van der Waals surface area contributed by atoms with Crippen molar-refractivity contribution in [2.24, 2.45) is 0 Å². The first-order chi connectivity index (χ1) is 8.70. The lowest BCUT2D eigenvalue weighted by Gasteiger charge is -2.03. The molecule has 0 aliphatic rings. The van der Waals surface area contributed by atoms with Gasteiger partial charge in [-0.05, 0) is 18.2 Å². The van der Waals surface area contributed by atoms with E-state index in [0.717, 1.165) is 16.0 Å². The number of rotatable bonds is 2. The molecule has 0 unspecified atom stereocenters. The van der Waals surface area contributed by atoms with Crippen molar-refractivity contribution in [1.82, 2.24) is 4.98 Å². The SMILES string of the molecule is Nc1ccc(Oc2ccc3sc(=O)oc3c2)nc1. The Kier molecular flexibility index (Phi) is 2.49. The summed E-state index contributed by atoms with van der Waals surface area (Å²) in [5.74, 6) is 0.988. The minimum Gasteiger partial charge on any atom is -0.439 e. The van der Waals surface area contributed by atoms with Crippen LogP contribution in [-0.4, -0.2) is 4.98 Å². The van der Waals surface area contributed by atoms with Crippen LogP contribution >= 0.6 is 11.3 Å². The zero-order valence-electron chi connectivity index (χ0n) is 9.12. The quantitative estimate of drug-likeness (QED) is 0.766. The van der Waals surface area contributed by atoms with Gasteiger partial charge >= 0.3 is 4.94 Å². The zero-order chi connectivity index (χ0) is 12.5. The summed E-state index contributed by atoms with van der Waals surface area (Å²) < 4.78 is 11.3. The van der Waals surface area contributed by atoms with Gasteiger partial charge in [-0.1, -0.05) is 11.3 Å². The summed E-state index contributed by atoms with van der Waals surface area (Å²) in [4.78, 5) is 14.8. The smallest absolute Gasteiger partial charge is 0.396 e. The molecule has 6 heteroatoms. The highest BCUT2D eigenvalue weighted by Gasteiger charge is 2.05. The largest absolute Gasteiger partial charge is 0.439 e. The van der Waals surface area contributed by atoms with Gasteiger partial charge in [0.1, 0.15) is 5.75 Å². The number of hydrogen-bond acceptors (Lipinski definition) is 6. The van der Waals surface area contributed by atoms with Crippen LogP contribution in [0.15, 0.2) is 45.7 Å². The zero-order valence-corrected chi connectivity index (χ0v) is 9.94. The van der Waals surface area contributed by atoms with E-state index in [1.54, 1.807) is 30.3 Å². The van der Waals surface area contributed by atoms with Crippen molar-refractivity contribution in [3.8, 4) is 11.6 Å². The fourth-order valence-electron chi connectivity index (χ4n) is 1.49. The fraction of sp³-hybridized carbons (Fsp3) is 0. The molecule has 0 spiro atoms. The third kappa shape index (κ3) is 2.05. The Labute approximate surface area is 105 Å². The maximum Gasteiger partial charge on any atom is 0.396 e. The van der Waals surface area contributed by atoms with Crippen LogP contribution in [0.3, 0.4) is 0 Å². The van der Waals surface area contributed by atoms with E-state index >= 15 is 0 Å². The van der Waals surface area contributed by atoms with Crippen LogP contribution in [0, 0.1) is 0 Å². The minimum absolute atomic E-state index is 0.326. The van der Waals surface area contributed by atoms with Crippen LogP contribution in [0.2, 0.25) is 0 Å². The summed E-state index contributed by atoms with van der Waals surface area (Å²) >= 11 is 1.06. The molecule has 5 nitrogen and oxygen atoms in total. The van der Waals surface area contributed by atoms with E-state index < -0.39 is 0 Å². The number of nitrogen functional groups attached to an aromatic ring is 1. The van der Waals surface area contributed by atoms with E-state index in [1.165, 1.54) is 6.20 Å². The summed E-state index contributed by atoms with van der Waals surface area (Å²) in [5, 5.41) is 0. The lowest BCUT2D eigenvalue weighted by Crippen LogP contribution is -1.90. The molecule has 0 saturated heterocycles. The summed E-state index contributed by atoms with van der Waals surface area (Å²) in [5.41, 5.74) is 6.61. The highest BCUT2D eigenvalue weighted by molar-refractivity contribution is 7.16. The number of aromatic nitrogens is 1. The molecule has 18 heavy (non-hydrogen) atoms. The number of anilines is 1. The van der Waals surface area contributed by atoms with Crippen LogP contribution in [0.4, 0.5) is 5.69 Å². The number of nitrogens with two attached hydrogens (primary N) is 1. The van der Waals surface area contributed by atoms with E-state index in [-0.39, 0.29) is 4.94 Å². The highest BCUT2D eigenvalue weighted by Crippen LogP contribution is 2.25. The lowest BCUT2D eigenvalue weighted by molar-refractivity contribution is 0.462. The van der Waals surface area contributed by atoms with E-state index in [9.17, 15) is 4.79 Å². The van der Waals surface area contributed by atoms with E-state index in [0.29, 0.717) is 22.9 Å². The maximum atomic E-state index is 11.1. The molecule has 0 aliphatic carbocycles. The topological polar surface area (TPSA) is 78.4 Å². The average Bonchev–Trinajstić information content (AvgIpc) is 2.71. The normalized spacial score (nSPS) is 10.7. The number of pyridine rings is 1. The minimum atomic E-state index is -0.326. The maximum absolute atomic E-state index is 11.1. The summed E-state index contributed by atoms with van der Waals surface area (Å²) in [6, 6.07) is 8.56. The summed E-state index contributed by atoms with van der Waals surface area (Å²) in [6.45, 7) is 0. The van der Waals surface area contributed by atoms with Crippen LogP contribution < -0.4 is 15.4 Å². The van der Waals surface area contributed by atoms with Crippen LogP contribution in [0.1, 0.15) is 0 Å². The van der Waals surface area contributed by atoms with Gasteiger partial charge in [0.05, 0.1) is 16.6 Å². The van der Waals surface area contributed by atoms with E-state index in [4.69, 9.17) is 14.9 Å². The Morgan fingerprint density at radius 1 is 1.28 bits per heavy atom. The van der Waals surface area contributed by atoms with Crippen LogP contribution in [-0.2, 0) is 0 Å². The third-order valence-electron chi connectivity index (χ3n) is 2.28. The molecule has 1 aromatic carbocycles. The Balaban J connectivity index is 1.94. The first-order valence-corrected chi connectivity index (χ1v) is 5.95. The van der Waals surface area contributed by atoms with Gasteiger partial charge in [0.25, 0.3) is 0 Å². The van der Waals surface area contributed by atoms with Gasteiger partial charge < -0.3 is 14.9 Å². The van der Waals surface area contributed by atoms with Crippen molar-refractivity contribution in [1.29, 1.82) is 0 Å². The lowest BCUT2D eigenvalue weighted by atomic mass is 10.3. The van der Waals surface area contributed by atoms with Crippen LogP contribution in [0.25, 0.3) is 10.3 Å². The van der Waals surface area contributed by atoms with E-state index in [2.05, 4.69) is 4.98 Å². The standard InChI is InChI=1S/C12H8N2O3S/c13-7-1-4-11(14-6-7)16-8-2-3-10-9(5-8)17-12(15)18-10/h1-6H,13H2. The Morgan fingerprint density at radius 2 is 2.17 bits per heavy atom. The molecule has 0 aliphatic heterocycles. The highest BCUT2D eigenvalue weighted by atomic mass is 32.1. The van der Waals surface area contributed by atoms with Crippen LogP contribution in [0.5, 0.6) is 11.6 Å². The average molecular weight is 260 g/mol. The van der Waals surface area contributed by atoms with Crippen molar-refractivity contribution in [2.75, 3.05) is 5.73 Å². The first kappa shape index (κ1) is 10.8. The van der Waals surface area contributed by atoms with Gasteiger partial charge in [0, 0.05) is 12.1 Å². The van der Waals surface area contributed by atoms with Crippen molar-refractivity contribution < 1.29 is 9.15 Å². The second-order valence-corrected chi connectivity index (χ2v) is 4.57. The first-order valence-electron chi connectivity index (χ1n) is 5.14. The van der Waals surface area contributed by atoms with Crippen molar-refractivity contribution in [3.63, 3.8) is 0 Å². The Morgan fingerprint density at radius 3 is 2.94 bits per heavy atom. The predicted molar refractivity (Wildman–Crippen MR) is 69.1 cm³/mol. The molecular weight excluding hydrogens is 252 g/mol. The summed E-state index contributed by atoms with van der Waals surface area (Å²) in [7, 11) is 0. The van der Waals surface area contributed by atoms with Gasteiger partial charge in [-0.3, -0.25) is 0 Å². The van der Waals surface area contributed by atoms with E-state index in [1.807, 2.05) is 0 Å². The second-order valence-electron chi connectivity index (χ2n) is 3.59. The Bertz CT molecular complexity index is 746. The van der Waals surface area contributed by atoms with Gasteiger partial charge in [0.15, 0.2) is 5.58 Å². The van der Waals surface area contributed by atoms with Gasteiger partial charge in [0.2, 0.25) is 5.88 Å². The second kappa shape index (κ2) is 4.15. The van der Waals surface area contributed by atoms with Crippen molar-refractivity contribution in [3.05, 3.63) is 46.3 Å². The molecule has 0 fully saturated rings. The van der Waals surface area contributed by atoms with Crippen molar-refractivity contribution in [2.45, 2.75) is 0 Å². The molecule has 90 valence electrons. The number of benzene rings is 1. The third-order valence-corrected chi connectivity index (χ3v) is 3.09. The predicted octanol–water partition coefficient (Wildman–Crippen LogP) is 2.62. The molecule has 2 aromatic heterocycles. The number of ether oxygens (including phenoxy) is 1. The summed E-state index contributed by atoms with van der Waals surface area (Å²) in [6.07, 6.45) is 1.51. The molecule has 3 aromatic rings. The molecule has 3 rings (SSSR count). The molecule has 0 radical (unpaired) electrons. The number of fused-ring (bicyclic) bond motifs is 1. The number of nitrogens with zero attached hydrogens (tertiary/aromatic N) is 1. The van der Waals surface area contributed by atoms with Crippen molar-refractivity contribution >= 4 is 27.3 Å². The van der Waals surface area contributed by atoms with Gasteiger partial charge in [-0.2, -0.15) is 0 Å². The monoisotopic (exact) mass is 260 g/mol. The Hall–Kier alpha value is -2.34. The molecule has 2 N–H and O–H groups in total. The number of hydrogen-bond donors (Lipinski definition) is 1.